The van der Waals surface area contributed by atoms with Gasteiger partial charge in [-0.25, -0.2) is 4.98 Å². The van der Waals surface area contributed by atoms with Crippen LogP contribution in [0.25, 0.3) is 0 Å². The summed E-state index contributed by atoms with van der Waals surface area (Å²) in [5.41, 5.74) is 0. The average Bonchev–Trinajstić information content (AvgIpc) is 2.68. The smallest absolute Gasteiger partial charge is 0.232 e. The normalized spacial score (nSPS) is 14.9. The number of rotatable bonds is 8. The first kappa shape index (κ1) is 25.2. The van der Waals surface area contributed by atoms with E-state index in [0.29, 0.717) is 17.7 Å². The van der Waals surface area contributed by atoms with Crippen LogP contribution in [0, 0.1) is 5.92 Å². The van der Waals surface area contributed by atoms with Gasteiger partial charge in [0.1, 0.15) is 0 Å². The number of anilines is 1. The Bertz CT molecular complexity index is 612. The van der Waals surface area contributed by atoms with E-state index in [1.165, 1.54) is 0 Å². The van der Waals surface area contributed by atoms with E-state index in [1.54, 1.807) is 13.3 Å². The molecule has 0 spiro atoms. The summed E-state index contributed by atoms with van der Waals surface area (Å²) in [4.78, 5) is 17.7. The van der Waals surface area contributed by atoms with E-state index in [4.69, 9.17) is 9.47 Å². The van der Waals surface area contributed by atoms with E-state index in [0.717, 1.165) is 62.8 Å². The van der Waals surface area contributed by atoms with Gasteiger partial charge in [-0.1, -0.05) is 13.8 Å². The van der Waals surface area contributed by atoms with Crippen molar-refractivity contribution in [2.45, 2.75) is 20.3 Å². The standard InChI is InChI=1S/C18H31BrN6O2.HI/c1-14(2)13-27-11-5-6-21-17(20-3)24-7-9-25(10-8-24)18-22-12-15(19)16(23-18)26-4;/h12,14H,5-11,13H2,1-4H3,(H,20,21);1H. The summed E-state index contributed by atoms with van der Waals surface area (Å²) in [5.74, 6) is 2.77. The zero-order chi connectivity index (χ0) is 19.6. The van der Waals surface area contributed by atoms with Gasteiger partial charge in [-0.3, -0.25) is 4.99 Å². The van der Waals surface area contributed by atoms with Crippen LogP contribution in [0.2, 0.25) is 0 Å². The molecule has 160 valence electrons. The minimum atomic E-state index is 0. The van der Waals surface area contributed by atoms with Crippen molar-refractivity contribution < 1.29 is 9.47 Å². The second kappa shape index (κ2) is 13.4. The molecule has 10 heteroatoms. The Kier molecular flexibility index (Phi) is 12.0. The maximum absolute atomic E-state index is 5.62. The highest BCUT2D eigenvalue weighted by Crippen LogP contribution is 2.23. The molecule has 1 saturated heterocycles. The second-order valence-corrected chi connectivity index (χ2v) is 7.65. The molecular weight excluding hydrogens is 539 g/mol. The van der Waals surface area contributed by atoms with Crippen LogP contribution in [-0.2, 0) is 4.74 Å². The topological polar surface area (TPSA) is 75.1 Å². The van der Waals surface area contributed by atoms with Gasteiger partial charge in [0.05, 0.1) is 17.8 Å². The van der Waals surface area contributed by atoms with Gasteiger partial charge in [0, 0.05) is 53.0 Å². The molecule has 1 aliphatic rings. The third-order valence-electron chi connectivity index (χ3n) is 4.17. The minimum Gasteiger partial charge on any atom is -0.480 e. The van der Waals surface area contributed by atoms with Gasteiger partial charge in [0.2, 0.25) is 11.8 Å². The van der Waals surface area contributed by atoms with Crippen molar-refractivity contribution >= 4 is 51.8 Å². The molecule has 0 unspecified atom stereocenters. The molecule has 2 heterocycles. The summed E-state index contributed by atoms with van der Waals surface area (Å²) >= 11 is 3.39. The van der Waals surface area contributed by atoms with Crippen molar-refractivity contribution in [1.82, 2.24) is 20.2 Å². The molecule has 0 saturated carbocycles. The molecule has 0 atom stereocenters. The number of nitrogens with one attached hydrogen (secondary N) is 1. The van der Waals surface area contributed by atoms with Gasteiger partial charge in [-0.05, 0) is 28.3 Å². The largest absolute Gasteiger partial charge is 0.480 e. The van der Waals surface area contributed by atoms with Crippen LogP contribution in [0.1, 0.15) is 20.3 Å². The number of halogens is 2. The van der Waals surface area contributed by atoms with Crippen LogP contribution in [0.4, 0.5) is 5.95 Å². The van der Waals surface area contributed by atoms with Crippen molar-refractivity contribution in [1.29, 1.82) is 0 Å². The third kappa shape index (κ3) is 7.86. The fraction of sp³-hybridized carbons (Fsp3) is 0.722. The summed E-state index contributed by atoms with van der Waals surface area (Å²) in [6.45, 7) is 10.2. The van der Waals surface area contributed by atoms with Crippen LogP contribution < -0.4 is 15.0 Å². The molecule has 2 rings (SSSR count). The lowest BCUT2D eigenvalue weighted by Crippen LogP contribution is -2.53. The quantitative estimate of drug-likeness (QED) is 0.223. The Labute approximate surface area is 193 Å². The van der Waals surface area contributed by atoms with E-state index in [1.807, 2.05) is 7.05 Å². The lowest BCUT2D eigenvalue weighted by Gasteiger charge is -2.36. The van der Waals surface area contributed by atoms with E-state index in [9.17, 15) is 0 Å². The molecule has 0 aromatic carbocycles. The first-order valence-corrected chi connectivity index (χ1v) is 10.2. The van der Waals surface area contributed by atoms with Crippen LogP contribution in [0.15, 0.2) is 15.7 Å². The van der Waals surface area contributed by atoms with Crippen molar-refractivity contribution in [3.8, 4) is 5.88 Å². The Morgan fingerprint density at radius 1 is 1.32 bits per heavy atom. The molecule has 28 heavy (non-hydrogen) atoms. The van der Waals surface area contributed by atoms with E-state index < -0.39 is 0 Å². The third-order valence-corrected chi connectivity index (χ3v) is 4.71. The number of nitrogens with zero attached hydrogens (tertiary/aromatic N) is 5. The van der Waals surface area contributed by atoms with Gasteiger partial charge in [-0.2, -0.15) is 4.98 Å². The number of aliphatic imine (C=N–C) groups is 1. The van der Waals surface area contributed by atoms with Gasteiger partial charge >= 0.3 is 0 Å². The van der Waals surface area contributed by atoms with Crippen LogP contribution in [0.5, 0.6) is 5.88 Å². The molecule has 8 nitrogen and oxygen atoms in total. The Morgan fingerprint density at radius 3 is 2.64 bits per heavy atom. The minimum absolute atomic E-state index is 0. The van der Waals surface area contributed by atoms with E-state index >= 15 is 0 Å². The van der Waals surface area contributed by atoms with Crippen LogP contribution >= 0.6 is 39.9 Å². The molecule has 1 aromatic rings. The zero-order valence-electron chi connectivity index (χ0n) is 17.2. The summed E-state index contributed by atoms with van der Waals surface area (Å²) in [6, 6.07) is 0. The summed E-state index contributed by atoms with van der Waals surface area (Å²) in [7, 11) is 3.44. The maximum Gasteiger partial charge on any atom is 0.232 e. The van der Waals surface area contributed by atoms with E-state index in [-0.39, 0.29) is 24.0 Å². The van der Waals surface area contributed by atoms with Crippen molar-refractivity contribution in [2.24, 2.45) is 10.9 Å². The molecule has 0 radical (unpaired) electrons. The summed E-state index contributed by atoms with van der Waals surface area (Å²) in [5, 5.41) is 3.43. The summed E-state index contributed by atoms with van der Waals surface area (Å²) in [6.07, 6.45) is 2.70. The molecule has 0 bridgehead atoms. The average molecular weight is 571 g/mol. The number of piperazine rings is 1. The molecule has 1 fully saturated rings. The molecule has 1 aromatic heterocycles. The fourth-order valence-electron chi connectivity index (χ4n) is 2.78. The van der Waals surface area contributed by atoms with Gasteiger partial charge in [-0.15, -0.1) is 24.0 Å². The van der Waals surface area contributed by atoms with Crippen molar-refractivity contribution in [3.63, 3.8) is 0 Å². The fourth-order valence-corrected chi connectivity index (χ4v) is 3.14. The molecular formula is C18H32BrIN6O2. The summed E-state index contributed by atoms with van der Waals surface area (Å²) < 4.78 is 11.6. The SMILES string of the molecule is CN=C(NCCCOCC(C)C)N1CCN(c2ncc(Br)c(OC)n2)CC1.I. The van der Waals surface area contributed by atoms with Crippen LogP contribution in [0.3, 0.4) is 0 Å². The molecule has 0 aliphatic carbocycles. The van der Waals surface area contributed by atoms with E-state index in [2.05, 4.69) is 59.9 Å². The zero-order valence-corrected chi connectivity index (χ0v) is 21.1. The number of guanidine groups is 1. The predicted molar refractivity (Wildman–Crippen MR) is 127 cm³/mol. The number of hydrogen-bond donors (Lipinski definition) is 1. The number of methoxy groups -OCH3 is 1. The first-order chi connectivity index (χ1) is 13.0. The Balaban J connectivity index is 0.00000392. The molecule has 1 aliphatic heterocycles. The molecule has 1 N–H and O–H groups in total. The van der Waals surface area contributed by atoms with Gasteiger partial charge < -0.3 is 24.6 Å². The monoisotopic (exact) mass is 570 g/mol. The lowest BCUT2D eigenvalue weighted by molar-refractivity contribution is 0.108. The van der Waals surface area contributed by atoms with Gasteiger partial charge in [0.15, 0.2) is 5.96 Å². The maximum atomic E-state index is 5.62. The van der Waals surface area contributed by atoms with Gasteiger partial charge in [0.25, 0.3) is 0 Å². The second-order valence-electron chi connectivity index (χ2n) is 6.80. The Hall–Kier alpha value is -0.880. The highest BCUT2D eigenvalue weighted by molar-refractivity contribution is 14.0. The predicted octanol–water partition coefficient (Wildman–Crippen LogP) is 2.63. The Morgan fingerprint density at radius 2 is 2.04 bits per heavy atom. The number of ether oxygens (including phenoxy) is 2. The number of aromatic nitrogens is 2. The molecule has 0 amide bonds. The first-order valence-electron chi connectivity index (χ1n) is 9.40. The van der Waals surface area contributed by atoms with Crippen molar-refractivity contribution in [2.75, 3.05) is 65.0 Å². The lowest BCUT2D eigenvalue weighted by atomic mass is 10.2. The van der Waals surface area contributed by atoms with Crippen LogP contribution in [-0.4, -0.2) is 80.9 Å². The highest BCUT2D eigenvalue weighted by atomic mass is 127. The van der Waals surface area contributed by atoms with Crippen molar-refractivity contribution in [3.05, 3.63) is 10.7 Å². The highest BCUT2D eigenvalue weighted by Gasteiger charge is 2.22. The number of hydrogen-bond acceptors (Lipinski definition) is 6.